The summed E-state index contributed by atoms with van der Waals surface area (Å²) in [6, 6.07) is 37.2. The molecule has 1 N–H and O–H groups in total. The lowest BCUT2D eigenvalue weighted by molar-refractivity contribution is -0.0893. The molecule has 0 saturated heterocycles. The van der Waals surface area contributed by atoms with E-state index in [2.05, 4.69) is 103 Å². The fourth-order valence-corrected chi connectivity index (χ4v) is 5.17. The predicted molar refractivity (Wildman–Crippen MR) is 159 cm³/mol. The van der Waals surface area contributed by atoms with Crippen molar-refractivity contribution in [3.63, 3.8) is 0 Å². The van der Waals surface area contributed by atoms with E-state index < -0.39 is 11.2 Å². The SMILES string of the molecule is CC(C)(O)C(C)(C)OBc1ccc2ccc3c(-c4cccc(-c5ccccc5)c4)ccc4ccc1c2c43. The number of benzene rings is 6. The molecule has 0 bridgehead atoms. The third-order valence-electron chi connectivity index (χ3n) is 8.10. The van der Waals surface area contributed by atoms with Crippen molar-refractivity contribution in [1.29, 1.82) is 0 Å². The number of aliphatic hydroxyl groups is 1. The van der Waals surface area contributed by atoms with E-state index in [1.807, 2.05) is 13.8 Å². The van der Waals surface area contributed by atoms with Gasteiger partial charge in [0.15, 0.2) is 0 Å². The molecular formula is C34H31BO2. The van der Waals surface area contributed by atoms with Crippen molar-refractivity contribution >= 4 is 45.3 Å². The lowest BCUT2D eigenvalue weighted by atomic mass is 9.78. The first-order valence-corrected chi connectivity index (χ1v) is 12.9. The molecule has 37 heavy (non-hydrogen) atoms. The van der Waals surface area contributed by atoms with E-state index >= 15 is 0 Å². The lowest BCUT2D eigenvalue weighted by Crippen LogP contribution is -2.49. The first-order valence-electron chi connectivity index (χ1n) is 12.9. The molecule has 182 valence electrons. The maximum absolute atomic E-state index is 10.6. The van der Waals surface area contributed by atoms with Crippen LogP contribution in [0.5, 0.6) is 0 Å². The third kappa shape index (κ3) is 4.09. The molecule has 0 aliphatic heterocycles. The molecule has 0 fully saturated rings. The zero-order valence-corrected chi connectivity index (χ0v) is 21.9. The highest BCUT2D eigenvalue weighted by atomic mass is 16.5. The lowest BCUT2D eigenvalue weighted by Gasteiger charge is -2.37. The van der Waals surface area contributed by atoms with Gasteiger partial charge in [0.1, 0.15) is 0 Å². The molecule has 6 rings (SSSR count). The van der Waals surface area contributed by atoms with Gasteiger partial charge in [0, 0.05) is 0 Å². The van der Waals surface area contributed by atoms with Crippen molar-refractivity contribution in [2.75, 3.05) is 0 Å². The van der Waals surface area contributed by atoms with Crippen LogP contribution < -0.4 is 5.46 Å². The Morgan fingerprint density at radius 1 is 0.595 bits per heavy atom. The second-order valence-corrected chi connectivity index (χ2v) is 11.1. The summed E-state index contributed by atoms with van der Waals surface area (Å²) in [6.07, 6.45) is 0. The van der Waals surface area contributed by atoms with Crippen molar-refractivity contribution in [2.45, 2.75) is 38.9 Å². The zero-order chi connectivity index (χ0) is 25.8. The third-order valence-corrected chi connectivity index (χ3v) is 8.10. The minimum atomic E-state index is -0.944. The van der Waals surface area contributed by atoms with E-state index in [9.17, 15) is 5.11 Å². The maximum Gasteiger partial charge on any atom is 0.310 e. The summed E-state index contributed by atoms with van der Waals surface area (Å²) >= 11 is 0. The van der Waals surface area contributed by atoms with Crippen LogP contribution in [0.25, 0.3) is 54.6 Å². The van der Waals surface area contributed by atoms with Crippen molar-refractivity contribution < 1.29 is 9.76 Å². The Hall–Kier alpha value is -3.66. The number of hydrogen-bond acceptors (Lipinski definition) is 2. The van der Waals surface area contributed by atoms with Crippen LogP contribution in [-0.4, -0.2) is 23.8 Å². The van der Waals surface area contributed by atoms with Gasteiger partial charge in [0.25, 0.3) is 0 Å². The molecule has 0 heterocycles. The fraction of sp³-hybridized carbons (Fsp3) is 0.176. The molecule has 0 spiro atoms. The van der Waals surface area contributed by atoms with E-state index in [1.54, 1.807) is 13.8 Å². The molecule has 0 aliphatic carbocycles. The van der Waals surface area contributed by atoms with Gasteiger partial charge in [-0.1, -0.05) is 97.1 Å². The Labute approximate surface area is 219 Å². The summed E-state index contributed by atoms with van der Waals surface area (Å²) in [6.45, 7) is 7.48. The van der Waals surface area contributed by atoms with Crippen molar-refractivity contribution in [1.82, 2.24) is 0 Å². The van der Waals surface area contributed by atoms with Crippen LogP contribution in [0.1, 0.15) is 27.7 Å². The van der Waals surface area contributed by atoms with Crippen LogP contribution >= 0.6 is 0 Å². The van der Waals surface area contributed by atoms with Gasteiger partial charge in [-0.3, -0.25) is 0 Å². The van der Waals surface area contributed by atoms with E-state index in [0.29, 0.717) is 7.48 Å². The van der Waals surface area contributed by atoms with Crippen molar-refractivity contribution in [2.24, 2.45) is 0 Å². The van der Waals surface area contributed by atoms with Crippen LogP contribution in [0.3, 0.4) is 0 Å². The molecule has 0 aromatic heterocycles. The zero-order valence-electron chi connectivity index (χ0n) is 21.9. The highest BCUT2D eigenvalue weighted by molar-refractivity contribution is 6.53. The Bertz CT molecular complexity index is 1730. The minimum absolute atomic E-state index is 0.442. The Morgan fingerprint density at radius 2 is 1.19 bits per heavy atom. The fourth-order valence-electron chi connectivity index (χ4n) is 5.17. The maximum atomic E-state index is 10.6. The largest absolute Gasteiger partial charge is 0.427 e. The standard InChI is InChI=1S/C34H31BO2/c1-33(2,36)34(3,4)37-35-30-20-16-24-14-18-28-27(17-13-23-15-19-29(30)32(24)31(23)28)26-12-8-11-25(21-26)22-9-6-5-7-10-22/h5-21,35-36H,1-4H3. The quantitative estimate of drug-likeness (QED) is 0.197. The van der Waals surface area contributed by atoms with Gasteiger partial charge in [-0.05, 0) is 93.8 Å². The summed E-state index contributed by atoms with van der Waals surface area (Å²) in [7, 11) is 0.442. The average molecular weight is 482 g/mol. The molecule has 6 aromatic rings. The number of rotatable bonds is 6. The molecule has 0 amide bonds. The second-order valence-electron chi connectivity index (χ2n) is 11.1. The van der Waals surface area contributed by atoms with E-state index in [-0.39, 0.29) is 0 Å². The van der Waals surface area contributed by atoms with Gasteiger partial charge in [-0.15, -0.1) is 0 Å². The smallest absolute Gasteiger partial charge is 0.310 e. The summed E-state index contributed by atoms with van der Waals surface area (Å²) in [5.74, 6) is 0. The Morgan fingerprint density at radius 3 is 1.92 bits per heavy atom. The van der Waals surface area contributed by atoms with Crippen LogP contribution in [0.15, 0.2) is 103 Å². The van der Waals surface area contributed by atoms with Crippen LogP contribution in [0, 0.1) is 0 Å². The molecule has 6 aromatic carbocycles. The molecular weight excluding hydrogens is 451 g/mol. The number of hydrogen-bond donors (Lipinski definition) is 1. The molecule has 2 nitrogen and oxygen atoms in total. The van der Waals surface area contributed by atoms with E-state index in [0.717, 1.165) is 5.46 Å². The molecule has 0 unspecified atom stereocenters. The first-order chi connectivity index (χ1) is 17.7. The van der Waals surface area contributed by atoms with Gasteiger partial charge < -0.3 is 9.76 Å². The molecule has 0 saturated carbocycles. The van der Waals surface area contributed by atoms with Gasteiger partial charge in [0.2, 0.25) is 0 Å². The van der Waals surface area contributed by atoms with Gasteiger partial charge >= 0.3 is 7.48 Å². The monoisotopic (exact) mass is 482 g/mol. The van der Waals surface area contributed by atoms with Crippen LogP contribution in [0.2, 0.25) is 0 Å². The Kier molecular flexibility index (Phi) is 5.60. The van der Waals surface area contributed by atoms with Crippen molar-refractivity contribution in [3.8, 4) is 22.3 Å². The average Bonchev–Trinajstić information content (AvgIpc) is 2.90. The topological polar surface area (TPSA) is 29.5 Å². The normalized spacial score (nSPS) is 12.6. The first kappa shape index (κ1) is 23.7. The second kappa shape index (κ2) is 8.73. The minimum Gasteiger partial charge on any atom is -0.427 e. The van der Waals surface area contributed by atoms with E-state index in [4.69, 9.17) is 4.65 Å². The highest BCUT2D eigenvalue weighted by Gasteiger charge is 2.35. The van der Waals surface area contributed by atoms with Crippen molar-refractivity contribution in [3.05, 3.63) is 103 Å². The highest BCUT2D eigenvalue weighted by Crippen LogP contribution is 2.39. The summed E-state index contributed by atoms with van der Waals surface area (Å²) < 4.78 is 6.27. The summed E-state index contributed by atoms with van der Waals surface area (Å²) in [4.78, 5) is 0. The van der Waals surface area contributed by atoms with Crippen LogP contribution in [-0.2, 0) is 4.65 Å². The van der Waals surface area contributed by atoms with Crippen LogP contribution in [0.4, 0.5) is 0 Å². The van der Waals surface area contributed by atoms with E-state index in [1.165, 1.54) is 54.6 Å². The molecule has 3 heteroatoms. The molecule has 0 atom stereocenters. The summed E-state index contributed by atoms with van der Waals surface area (Å²) in [5.41, 5.74) is 4.42. The molecule has 0 radical (unpaired) electrons. The van der Waals surface area contributed by atoms with Gasteiger partial charge in [0.05, 0.1) is 11.2 Å². The van der Waals surface area contributed by atoms with Gasteiger partial charge in [-0.2, -0.15) is 0 Å². The van der Waals surface area contributed by atoms with Gasteiger partial charge in [-0.25, -0.2) is 0 Å². The predicted octanol–water partition coefficient (Wildman–Crippen LogP) is 7.46. The summed E-state index contributed by atoms with van der Waals surface area (Å²) in [5, 5.41) is 18.1. The Balaban J connectivity index is 1.50. The molecule has 0 aliphatic rings.